The molecule has 6 heteroatoms. The molecule has 0 atom stereocenters. The van der Waals surface area contributed by atoms with Crippen LogP contribution < -0.4 is 10.3 Å². The molecular formula is C2H5KN2OS2. The van der Waals surface area contributed by atoms with Gasteiger partial charge in [-0.1, -0.05) is 12.2 Å². The average molecular weight is 176 g/mol. The molecule has 0 aromatic carbocycles. The molecule has 0 saturated carbocycles. The molecule has 2 N–H and O–H groups in total. The molecule has 0 spiro atoms. The molecule has 0 radical (unpaired) electrons. The molecule has 0 aliphatic heterocycles. The molecule has 0 rings (SSSR count). The number of carbonyl (C=O) groups excluding carboxylic acids is 1. The Kier molecular flexibility index (Phi) is 17.3. The fraction of sp³-hybridized carbons (Fsp3) is 0. The first-order valence-electron chi connectivity index (χ1n) is 1.45. The quantitative estimate of drug-likeness (QED) is 0.147. The van der Waals surface area contributed by atoms with Crippen LogP contribution in [-0.4, -0.2) is 62.5 Å². The summed E-state index contributed by atoms with van der Waals surface area (Å²) < 4.78 is 1.40. The first-order valence-corrected chi connectivity index (χ1v) is 2.80. The van der Waals surface area contributed by atoms with E-state index in [4.69, 9.17) is 0 Å². The van der Waals surface area contributed by atoms with Gasteiger partial charge in [0.15, 0.2) is 0 Å². The first-order chi connectivity index (χ1) is 3.41. The summed E-state index contributed by atoms with van der Waals surface area (Å²) in [5, 5.41) is 0. The number of thiocarbonyl (C=S) groups is 1. The van der Waals surface area contributed by atoms with Crippen LogP contribution in [-0.2, 0) is 4.79 Å². The van der Waals surface area contributed by atoms with Crippen molar-refractivity contribution in [2.45, 2.75) is 0 Å². The van der Waals surface area contributed by atoms with Crippen LogP contribution in [0.15, 0.2) is 0 Å². The monoisotopic (exact) mass is 176 g/mol. The van der Waals surface area contributed by atoms with Gasteiger partial charge in [0.2, 0.25) is 6.41 Å². The van der Waals surface area contributed by atoms with Crippen LogP contribution in [0.1, 0.15) is 0 Å². The topological polar surface area (TPSA) is 41.1 Å². The van der Waals surface area contributed by atoms with E-state index in [1.54, 1.807) is 0 Å². The maximum atomic E-state index is 9.44. The summed E-state index contributed by atoms with van der Waals surface area (Å²) >= 11 is 5.52. The summed E-state index contributed by atoms with van der Waals surface area (Å²) in [6.07, 6.45) is 0.534. The zero-order valence-corrected chi connectivity index (χ0v) is 5.01. The third kappa shape index (κ3) is 10.5. The standard InChI is InChI=1S/C2H4N2OS2.K.H/c5-1-3-4-7-2-6;;/h1-2,4H,(H,3,5);;. The van der Waals surface area contributed by atoms with E-state index < -0.39 is 0 Å². The maximum absolute atomic E-state index is 9.44. The number of hydrogen-bond donors (Lipinski definition) is 2. The van der Waals surface area contributed by atoms with E-state index in [2.05, 4.69) is 22.5 Å². The van der Waals surface area contributed by atoms with Crippen LogP contribution in [0.3, 0.4) is 0 Å². The Labute approximate surface area is 99.9 Å². The first kappa shape index (κ1) is 12.2. The summed E-state index contributed by atoms with van der Waals surface area (Å²) in [5.74, 6) is 0. The van der Waals surface area contributed by atoms with Gasteiger partial charge in [0.05, 0.1) is 4.70 Å². The van der Waals surface area contributed by atoms with E-state index in [0.29, 0.717) is 6.41 Å². The van der Waals surface area contributed by atoms with Gasteiger partial charge in [0.25, 0.3) is 0 Å². The second-order valence-electron chi connectivity index (χ2n) is 0.578. The van der Waals surface area contributed by atoms with Gasteiger partial charge in [-0.05, 0) is 11.9 Å². The molecule has 0 aliphatic carbocycles. The van der Waals surface area contributed by atoms with Gasteiger partial charge in [0.1, 0.15) is 0 Å². The molecule has 0 heterocycles. The predicted octanol–water partition coefficient (Wildman–Crippen LogP) is -0.806. The molecule has 0 aromatic heterocycles. The molecule has 8 heavy (non-hydrogen) atoms. The molecule has 0 aliphatic rings. The van der Waals surface area contributed by atoms with Gasteiger partial charge >= 0.3 is 51.4 Å². The van der Waals surface area contributed by atoms with Crippen LogP contribution in [0.2, 0.25) is 0 Å². The van der Waals surface area contributed by atoms with Gasteiger partial charge in [0, 0.05) is 0 Å². The van der Waals surface area contributed by atoms with Gasteiger partial charge < -0.3 is 0 Å². The Balaban J connectivity index is 0. The Morgan fingerprint density at radius 3 is 2.62 bits per heavy atom. The van der Waals surface area contributed by atoms with Crippen LogP contribution in [0.5, 0.6) is 0 Å². The SMILES string of the molecule is O=CNNSC=S.[KH]. The summed E-state index contributed by atoms with van der Waals surface area (Å²) in [5.41, 5.74) is 2.18. The predicted molar refractivity (Wildman–Crippen MR) is 40.7 cm³/mol. The Bertz CT molecular complexity index is 63.1. The average Bonchev–Trinajstić information content (AvgIpc) is 1.69. The van der Waals surface area contributed by atoms with Crippen molar-refractivity contribution < 1.29 is 4.79 Å². The Morgan fingerprint density at radius 2 is 2.25 bits per heavy atom. The van der Waals surface area contributed by atoms with Gasteiger partial charge in [-0.15, -0.1) is 0 Å². The van der Waals surface area contributed by atoms with Crippen molar-refractivity contribution in [1.29, 1.82) is 0 Å². The molecule has 0 fully saturated rings. The van der Waals surface area contributed by atoms with E-state index >= 15 is 0 Å². The summed E-state index contributed by atoms with van der Waals surface area (Å²) in [4.78, 5) is 11.9. The molecule has 3 nitrogen and oxygen atoms in total. The molecule has 0 bridgehead atoms. The molecule has 0 aromatic rings. The molecule has 1 amide bonds. The minimum atomic E-state index is 0. The van der Waals surface area contributed by atoms with E-state index in [-0.39, 0.29) is 51.4 Å². The van der Waals surface area contributed by atoms with Crippen molar-refractivity contribution in [3.63, 3.8) is 0 Å². The van der Waals surface area contributed by atoms with E-state index in [1.807, 2.05) is 0 Å². The van der Waals surface area contributed by atoms with Crippen molar-refractivity contribution in [3.05, 3.63) is 0 Å². The zero-order valence-electron chi connectivity index (χ0n) is 3.38. The van der Waals surface area contributed by atoms with Crippen molar-refractivity contribution in [2.24, 2.45) is 0 Å². The van der Waals surface area contributed by atoms with E-state index in [1.165, 1.54) is 4.70 Å². The van der Waals surface area contributed by atoms with Crippen molar-refractivity contribution in [2.75, 3.05) is 0 Å². The number of hydrogen-bond acceptors (Lipinski definition) is 4. The van der Waals surface area contributed by atoms with E-state index in [0.717, 1.165) is 11.9 Å². The normalized spacial score (nSPS) is 6.50. The fourth-order valence-electron chi connectivity index (χ4n) is 0.0821. The number of hydrazine groups is 1. The summed E-state index contributed by atoms with van der Waals surface area (Å²) in [6, 6.07) is 0. The van der Waals surface area contributed by atoms with Gasteiger partial charge in [-0.3, -0.25) is 10.2 Å². The Morgan fingerprint density at radius 1 is 1.62 bits per heavy atom. The van der Waals surface area contributed by atoms with Crippen LogP contribution in [0.25, 0.3) is 0 Å². The molecule has 0 saturated heterocycles. The van der Waals surface area contributed by atoms with Gasteiger partial charge in [-0.25, -0.2) is 0 Å². The number of amides is 1. The van der Waals surface area contributed by atoms with Crippen molar-refractivity contribution >= 4 is 86.7 Å². The molecule has 42 valence electrons. The third-order valence-corrected chi connectivity index (χ3v) is 0.845. The Hall–Kier alpha value is 1.51. The van der Waals surface area contributed by atoms with Crippen molar-refractivity contribution in [3.8, 4) is 0 Å². The minimum absolute atomic E-state index is 0. The number of carbonyl (C=O) groups is 1. The second-order valence-corrected chi connectivity index (χ2v) is 1.79. The molecule has 0 unspecified atom stereocenters. The molecular weight excluding hydrogens is 171 g/mol. The third-order valence-electron chi connectivity index (χ3n) is 0.225. The number of nitrogens with one attached hydrogen (secondary N) is 2. The van der Waals surface area contributed by atoms with Gasteiger partial charge in [-0.2, -0.15) is 4.83 Å². The zero-order chi connectivity index (χ0) is 5.54. The fourth-order valence-corrected chi connectivity index (χ4v) is 0.391. The van der Waals surface area contributed by atoms with Crippen molar-refractivity contribution in [1.82, 2.24) is 10.3 Å². The second kappa shape index (κ2) is 11.3. The van der Waals surface area contributed by atoms with E-state index in [9.17, 15) is 4.79 Å². The van der Waals surface area contributed by atoms with Crippen LogP contribution >= 0.6 is 24.2 Å². The summed E-state index contributed by atoms with van der Waals surface area (Å²) in [6.45, 7) is 0. The number of rotatable bonds is 4. The summed E-state index contributed by atoms with van der Waals surface area (Å²) in [7, 11) is 0. The van der Waals surface area contributed by atoms with Crippen LogP contribution in [0.4, 0.5) is 0 Å². The van der Waals surface area contributed by atoms with Crippen LogP contribution in [0, 0.1) is 0 Å².